The van der Waals surface area contributed by atoms with Gasteiger partial charge >= 0.3 is 11.9 Å². The molecule has 0 bridgehead atoms. The molecule has 1 heterocycles. The Morgan fingerprint density at radius 3 is 2.83 bits per heavy atom. The van der Waals surface area contributed by atoms with Gasteiger partial charge in [0.2, 0.25) is 0 Å². The molecule has 1 atom stereocenters. The molecule has 0 amide bonds. The number of esters is 2. The summed E-state index contributed by atoms with van der Waals surface area (Å²) in [7, 11) is 0. The number of cyclic esters (lactones) is 2. The highest BCUT2D eigenvalue weighted by atomic mass is 16.6. The van der Waals surface area contributed by atoms with Crippen molar-refractivity contribution in [2.45, 2.75) is 20.0 Å². The van der Waals surface area contributed by atoms with Gasteiger partial charge in [-0.25, -0.2) is 9.59 Å². The highest BCUT2D eigenvalue weighted by Crippen LogP contribution is 2.05. The number of hydrogen-bond donors (Lipinski definition) is 0. The second-order valence-corrected chi connectivity index (χ2v) is 2.67. The molecule has 0 saturated heterocycles. The molecule has 0 fully saturated rings. The van der Waals surface area contributed by atoms with Crippen LogP contribution in [0.4, 0.5) is 0 Å². The molecule has 0 spiro atoms. The third-order valence-corrected chi connectivity index (χ3v) is 1.42. The van der Waals surface area contributed by atoms with Crippen LogP contribution in [0.2, 0.25) is 0 Å². The molecule has 0 saturated carbocycles. The van der Waals surface area contributed by atoms with Crippen molar-refractivity contribution in [1.29, 1.82) is 0 Å². The van der Waals surface area contributed by atoms with Gasteiger partial charge in [0.1, 0.15) is 12.7 Å². The zero-order valence-electron chi connectivity index (χ0n) is 6.99. The number of rotatable bonds is 0. The first-order valence-electron chi connectivity index (χ1n) is 3.65. The molecule has 4 nitrogen and oxygen atoms in total. The van der Waals surface area contributed by atoms with Crippen LogP contribution in [0, 0.1) is 0 Å². The largest absolute Gasteiger partial charge is 0.459 e. The van der Waals surface area contributed by atoms with Crippen LogP contribution < -0.4 is 0 Å². The lowest BCUT2D eigenvalue weighted by molar-refractivity contribution is -0.154. The average Bonchev–Trinajstić information content (AvgIpc) is 1.99. The van der Waals surface area contributed by atoms with Gasteiger partial charge in [0.15, 0.2) is 0 Å². The standard InChI is InChI=1S/C8H10O4/c1-5-3-7(9)11-4-6(2)12-8(5)10/h3,6H,4H2,1-2H3/b5-3+. The fourth-order valence-electron chi connectivity index (χ4n) is 0.787. The number of carbonyl (C=O) groups is 2. The second-order valence-electron chi connectivity index (χ2n) is 2.67. The summed E-state index contributed by atoms with van der Waals surface area (Å²) >= 11 is 0. The van der Waals surface area contributed by atoms with E-state index in [9.17, 15) is 9.59 Å². The first-order valence-corrected chi connectivity index (χ1v) is 3.65. The molecule has 0 aromatic heterocycles. The summed E-state index contributed by atoms with van der Waals surface area (Å²) in [6, 6.07) is 0. The van der Waals surface area contributed by atoms with Crippen molar-refractivity contribution >= 4 is 11.9 Å². The summed E-state index contributed by atoms with van der Waals surface area (Å²) in [5, 5.41) is 0. The van der Waals surface area contributed by atoms with Gasteiger partial charge in [-0.05, 0) is 13.8 Å². The van der Waals surface area contributed by atoms with Gasteiger partial charge < -0.3 is 9.47 Å². The predicted molar refractivity (Wildman–Crippen MR) is 40.3 cm³/mol. The highest BCUT2D eigenvalue weighted by molar-refractivity contribution is 5.96. The number of carbonyl (C=O) groups excluding carboxylic acids is 2. The predicted octanol–water partition coefficient (Wildman–Crippen LogP) is 0.421. The van der Waals surface area contributed by atoms with Crippen LogP contribution in [0.3, 0.4) is 0 Å². The number of ether oxygens (including phenoxy) is 2. The minimum Gasteiger partial charge on any atom is -0.459 e. The Hall–Kier alpha value is -1.32. The van der Waals surface area contributed by atoms with Gasteiger partial charge in [0.05, 0.1) is 0 Å². The monoisotopic (exact) mass is 170 g/mol. The summed E-state index contributed by atoms with van der Waals surface area (Å²) in [5.41, 5.74) is 0.270. The van der Waals surface area contributed by atoms with Gasteiger partial charge in [0, 0.05) is 11.6 Å². The van der Waals surface area contributed by atoms with E-state index in [1.54, 1.807) is 6.92 Å². The molecule has 0 aromatic carbocycles. The summed E-state index contributed by atoms with van der Waals surface area (Å²) < 4.78 is 9.59. The van der Waals surface area contributed by atoms with Crippen LogP contribution in [-0.2, 0) is 19.1 Å². The maximum absolute atomic E-state index is 11.0. The Kier molecular flexibility index (Phi) is 2.47. The van der Waals surface area contributed by atoms with Crippen LogP contribution in [0.15, 0.2) is 11.6 Å². The number of hydrogen-bond acceptors (Lipinski definition) is 4. The lowest BCUT2D eigenvalue weighted by Gasteiger charge is -2.15. The maximum Gasteiger partial charge on any atom is 0.334 e. The van der Waals surface area contributed by atoms with Gasteiger partial charge in [0.25, 0.3) is 0 Å². The first-order chi connectivity index (χ1) is 5.59. The summed E-state index contributed by atoms with van der Waals surface area (Å²) in [5.74, 6) is -0.949. The topological polar surface area (TPSA) is 52.6 Å². The highest BCUT2D eigenvalue weighted by Gasteiger charge is 2.17. The van der Waals surface area contributed by atoms with Gasteiger partial charge in [-0.3, -0.25) is 0 Å². The van der Waals surface area contributed by atoms with E-state index >= 15 is 0 Å². The molecule has 66 valence electrons. The second kappa shape index (κ2) is 3.38. The summed E-state index contributed by atoms with van der Waals surface area (Å²) in [4.78, 5) is 21.9. The van der Waals surface area contributed by atoms with Crippen LogP contribution in [0.5, 0.6) is 0 Å². The molecule has 0 aliphatic carbocycles. The van der Waals surface area contributed by atoms with Gasteiger partial charge in [-0.1, -0.05) is 0 Å². The van der Waals surface area contributed by atoms with Crippen LogP contribution in [-0.4, -0.2) is 24.6 Å². The zero-order valence-corrected chi connectivity index (χ0v) is 6.99. The lowest BCUT2D eigenvalue weighted by Crippen LogP contribution is -2.25. The zero-order chi connectivity index (χ0) is 9.14. The quantitative estimate of drug-likeness (QED) is 0.494. The smallest absolute Gasteiger partial charge is 0.334 e. The van der Waals surface area contributed by atoms with Gasteiger partial charge in [-0.15, -0.1) is 0 Å². The van der Waals surface area contributed by atoms with Crippen molar-refractivity contribution in [1.82, 2.24) is 0 Å². The Labute approximate surface area is 70.1 Å². The maximum atomic E-state index is 11.0. The van der Waals surface area contributed by atoms with Crippen molar-refractivity contribution in [2.75, 3.05) is 6.61 Å². The molecule has 1 aliphatic heterocycles. The molecule has 0 radical (unpaired) electrons. The van der Waals surface area contributed by atoms with Crippen molar-refractivity contribution in [3.63, 3.8) is 0 Å². The third-order valence-electron chi connectivity index (χ3n) is 1.42. The fourth-order valence-corrected chi connectivity index (χ4v) is 0.787. The molecule has 1 unspecified atom stereocenters. The molecule has 0 N–H and O–H groups in total. The molecule has 0 aromatic rings. The van der Waals surface area contributed by atoms with Crippen molar-refractivity contribution in [2.24, 2.45) is 0 Å². The third kappa shape index (κ3) is 2.08. The van der Waals surface area contributed by atoms with Gasteiger partial charge in [-0.2, -0.15) is 0 Å². The minimum absolute atomic E-state index is 0.119. The van der Waals surface area contributed by atoms with Crippen molar-refractivity contribution < 1.29 is 19.1 Å². The van der Waals surface area contributed by atoms with E-state index in [0.717, 1.165) is 6.08 Å². The molecule has 1 aliphatic rings. The fraction of sp³-hybridized carbons (Fsp3) is 0.500. The molecule has 4 heteroatoms. The minimum atomic E-state index is -0.490. The summed E-state index contributed by atoms with van der Waals surface area (Å²) in [6.45, 7) is 3.31. The Morgan fingerprint density at radius 1 is 1.50 bits per heavy atom. The normalized spacial score (nSPS) is 29.2. The molecule has 12 heavy (non-hydrogen) atoms. The van der Waals surface area contributed by atoms with Crippen molar-refractivity contribution in [3.05, 3.63) is 11.6 Å². The molecule has 1 rings (SSSR count). The molecular formula is C8H10O4. The van der Waals surface area contributed by atoms with Crippen LogP contribution in [0.1, 0.15) is 13.8 Å². The Bertz CT molecular complexity index is 241. The lowest BCUT2D eigenvalue weighted by atomic mass is 10.2. The van der Waals surface area contributed by atoms with E-state index < -0.39 is 11.9 Å². The van der Waals surface area contributed by atoms with Crippen LogP contribution >= 0.6 is 0 Å². The first kappa shape index (κ1) is 8.77. The van der Waals surface area contributed by atoms with E-state index in [-0.39, 0.29) is 18.3 Å². The van der Waals surface area contributed by atoms with E-state index in [1.165, 1.54) is 6.92 Å². The average molecular weight is 170 g/mol. The van der Waals surface area contributed by atoms with E-state index in [1.807, 2.05) is 0 Å². The molecular weight excluding hydrogens is 160 g/mol. The van der Waals surface area contributed by atoms with Crippen molar-refractivity contribution in [3.8, 4) is 0 Å². The summed E-state index contributed by atoms with van der Waals surface area (Å²) in [6.07, 6.45) is 0.763. The van der Waals surface area contributed by atoms with E-state index in [4.69, 9.17) is 9.47 Å². The van der Waals surface area contributed by atoms with E-state index in [0.29, 0.717) is 0 Å². The SMILES string of the molecule is C/C1=C\C(=O)OCC(C)OC1=O. The Balaban J connectivity index is 2.80. The Morgan fingerprint density at radius 2 is 2.17 bits per heavy atom. The van der Waals surface area contributed by atoms with E-state index in [2.05, 4.69) is 0 Å². The van der Waals surface area contributed by atoms with Crippen LogP contribution in [0.25, 0.3) is 0 Å².